The number of hydrogen-bond acceptors (Lipinski definition) is 3. The lowest BCUT2D eigenvalue weighted by atomic mass is 9.52. The van der Waals surface area contributed by atoms with Gasteiger partial charge >= 0.3 is 6.17 Å². The fraction of sp³-hybridized carbons (Fsp3) is 0.900. The van der Waals surface area contributed by atoms with Gasteiger partial charge in [-0.05, 0) is 69.0 Å². The minimum absolute atomic E-state index is 0.143. The molecule has 5 fully saturated rings. The summed E-state index contributed by atoms with van der Waals surface area (Å²) in [5.41, 5.74) is 0.188. The summed E-state index contributed by atoms with van der Waals surface area (Å²) in [6.07, 6.45) is 10.9. The van der Waals surface area contributed by atoms with Crippen molar-refractivity contribution in [3.8, 4) is 0 Å². The van der Waals surface area contributed by atoms with Gasteiger partial charge in [0.1, 0.15) is 0 Å². The molecule has 4 aliphatic carbocycles. The molecule has 0 aromatic heterocycles. The van der Waals surface area contributed by atoms with Crippen LogP contribution < -0.4 is 5.32 Å². The Labute approximate surface area is 156 Å². The van der Waals surface area contributed by atoms with Crippen molar-refractivity contribution in [3.05, 3.63) is 11.4 Å². The molecule has 1 saturated heterocycles. The van der Waals surface area contributed by atoms with Crippen LogP contribution in [-0.4, -0.2) is 46.1 Å². The first kappa shape index (κ1) is 17.7. The van der Waals surface area contributed by atoms with E-state index in [0.717, 1.165) is 31.2 Å². The van der Waals surface area contributed by atoms with Gasteiger partial charge in [-0.2, -0.15) is 11.8 Å². The van der Waals surface area contributed by atoms with Crippen molar-refractivity contribution in [1.82, 2.24) is 10.2 Å². The molecule has 0 spiro atoms. The number of likely N-dealkylation sites (tertiary alicyclic amines) is 1. The molecule has 1 heterocycles. The first-order valence-corrected chi connectivity index (χ1v) is 11.1. The van der Waals surface area contributed by atoms with Gasteiger partial charge in [0.15, 0.2) is 0 Å². The SMILES string of the molecule is [C-]#[N+][C@@H]1CCCN1C(=O)CNC12CC3CC(C1)CC(SCCC)(C3)C2. The lowest BCUT2D eigenvalue weighted by Crippen LogP contribution is -2.64. The van der Waals surface area contributed by atoms with E-state index in [9.17, 15) is 4.79 Å². The van der Waals surface area contributed by atoms with Crippen molar-refractivity contribution < 1.29 is 4.79 Å². The lowest BCUT2D eigenvalue weighted by Gasteiger charge is -2.62. The van der Waals surface area contributed by atoms with E-state index in [2.05, 4.69) is 28.8 Å². The van der Waals surface area contributed by atoms with Crippen molar-refractivity contribution in [3.63, 3.8) is 0 Å². The largest absolute Gasteiger partial charge is 0.303 e. The van der Waals surface area contributed by atoms with Crippen LogP contribution in [0.5, 0.6) is 0 Å². The fourth-order valence-corrected chi connectivity index (χ4v) is 8.13. The van der Waals surface area contributed by atoms with E-state index in [1.807, 2.05) is 4.90 Å². The predicted molar refractivity (Wildman–Crippen MR) is 102 cm³/mol. The van der Waals surface area contributed by atoms with Crippen molar-refractivity contribution in [1.29, 1.82) is 0 Å². The summed E-state index contributed by atoms with van der Waals surface area (Å²) in [4.78, 5) is 18.1. The van der Waals surface area contributed by atoms with Gasteiger partial charge in [0.05, 0.1) is 6.54 Å². The molecule has 0 aromatic rings. The van der Waals surface area contributed by atoms with Crippen molar-refractivity contribution in [2.24, 2.45) is 11.8 Å². The number of rotatable bonds is 6. The van der Waals surface area contributed by atoms with E-state index in [1.54, 1.807) is 0 Å². The highest BCUT2D eigenvalue weighted by atomic mass is 32.2. The molecule has 1 amide bonds. The topological polar surface area (TPSA) is 36.7 Å². The Morgan fingerprint density at radius 2 is 2.08 bits per heavy atom. The highest BCUT2D eigenvalue weighted by Gasteiger charge is 2.57. The number of nitrogens with zero attached hydrogens (tertiary/aromatic N) is 2. The molecule has 4 bridgehead atoms. The van der Waals surface area contributed by atoms with Crippen molar-refractivity contribution in [2.45, 2.75) is 81.2 Å². The van der Waals surface area contributed by atoms with Crippen LogP contribution in [0.15, 0.2) is 0 Å². The second-order valence-corrected chi connectivity index (χ2v) is 10.5. The molecule has 2 unspecified atom stereocenters. The maximum absolute atomic E-state index is 12.7. The molecule has 4 saturated carbocycles. The van der Waals surface area contributed by atoms with Gasteiger partial charge in [-0.15, -0.1) is 0 Å². The first-order valence-electron chi connectivity index (χ1n) is 10.1. The summed E-state index contributed by atoms with van der Waals surface area (Å²) < 4.78 is 0.475. The van der Waals surface area contributed by atoms with Gasteiger partial charge in [0.2, 0.25) is 5.91 Å². The van der Waals surface area contributed by atoms with Gasteiger partial charge < -0.3 is 5.32 Å². The molecule has 3 atom stereocenters. The lowest BCUT2D eigenvalue weighted by molar-refractivity contribution is -0.131. The Morgan fingerprint density at radius 1 is 1.32 bits per heavy atom. The third kappa shape index (κ3) is 3.32. The minimum Gasteiger partial charge on any atom is -0.303 e. The van der Waals surface area contributed by atoms with Crippen LogP contribution in [0.2, 0.25) is 0 Å². The fourth-order valence-electron chi connectivity index (χ4n) is 6.41. The minimum atomic E-state index is -0.211. The zero-order valence-corrected chi connectivity index (χ0v) is 16.2. The Bertz CT molecular complexity index is 558. The van der Waals surface area contributed by atoms with Crippen LogP contribution in [0.4, 0.5) is 0 Å². The van der Waals surface area contributed by atoms with Crippen LogP contribution in [0.3, 0.4) is 0 Å². The number of carbonyl (C=O) groups excluding carboxylic acids is 1. The second kappa shape index (κ2) is 6.78. The third-order valence-electron chi connectivity index (χ3n) is 6.92. The van der Waals surface area contributed by atoms with Crippen LogP contribution in [0.1, 0.15) is 64.7 Å². The van der Waals surface area contributed by atoms with Gasteiger partial charge in [0, 0.05) is 23.3 Å². The summed E-state index contributed by atoms with van der Waals surface area (Å²) >= 11 is 2.22. The predicted octanol–water partition coefficient (Wildman–Crippen LogP) is 3.68. The smallest absolute Gasteiger partial charge is 0.300 e. The van der Waals surface area contributed by atoms with Crippen LogP contribution >= 0.6 is 11.8 Å². The van der Waals surface area contributed by atoms with Crippen LogP contribution in [-0.2, 0) is 4.79 Å². The molecule has 5 aliphatic rings. The molecule has 138 valence electrons. The van der Waals surface area contributed by atoms with E-state index in [-0.39, 0.29) is 17.6 Å². The zero-order chi connectivity index (χ0) is 17.5. The number of hydrogen-bond donors (Lipinski definition) is 1. The Hall–Kier alpha value is -0.730. The van der Waals surface area contributed by atoms with Crippen molar-refractivity contribution >= 4 is 17.7 Å². The Morgan fingerprint density at radius 3 is 2.76 bits per heavy atom. The number of carbonyl (C=O) groups is 1. The van der Waals surface area contributed by atoms with E-state index >= 15 is 0 Å². The van der Waals surface area contributed by atoms with Gasteiger partial charge in [-0.1, -0.05) is 6.92 Å². The molecule has 0 aromatic carbocycles. The highest BCUT2D eigenvalue weighted by Crippen LogP contribution is 2.62. The molecule has 1 N–H and O–H groups in total. The standard InChI is InChI=1S/C20H31N3OS/c1-3-7-25-20-11-15-8-16(12-20)10-19(9-15,14-20)22-13-18(24)23-6-4-5-17(23)21-2/h15-17,22H,3-14H2,1H3/t15?,16?,17-,19?,20?/m0/s1. The molecular formula is C20H31N3OS. The molecule has 4 nitrogen and oxygen atoms in total. The number of amides is 1. The van der Waals surface area contributed by atoms with Crippen LogP contribution in [0, 0.1) is 18.4 Å². The molecular weight excluding hydrogens is 330 g/mol. The van der Waals surface area contributed by atoms with E-state index < -0.39 is 0 Å². The molecule has 1 aliphatic heterocycles. The summed E-state index contributed by atoms with van der Waals surface area (Å²) in [5.74, 6) is 3.13. The zero-order valence-electron chi connectivity index (χ0n) is 15.4. The van der Waals surface area contributed by atoms with Gasteiger partial charge in [0.25, 0.3) is 0 Å². The molecule has 25 heavy (non-hydrogen) atoms. The van der Waals surface area contributed by atoms with E-state index in [0.29, 0.717) is 11.3 Å². The summed E-state index contributed by atoms with van der Waals surface area (Å²) in [6, 6.07) is 0. The van der Waals surface area contributed by atoms with E-state index in [1.165, 1.54) is 50.7 Å². The average Bonchev–Trinajstić information content (AvgIpc) is 3.05. The Balaban J connectivity index is 1.42. The summed E-state index contributed by atoms with van der Waals surface area (Å²) in [5, 5.41) is 3.74. The van der Waals surface area contributed by atoms with Gasteiger partial charge in [-0.3, -0.25) is 14.5 Å². The molecule has 5 heteroatoms. The quantitative estimate of drug-likeness (QED) is 0.733. The normalized spacial score (nSPS) is 41.9. The third-order valence-corrected chi connectivity index (χ3v) is 8.63. The highest BCUT2D eigenvalue weighted by molar-refractivity contribution is 8.00. The molecule has 0 radical (unpaired) electrons. The number of thioether (sulfide) groups is 1. The summed E-state index contributed by atoms with van der Waals surface area (Å²) in [6.45, 7) is 10.8. The Kier molecular flexibility index (Phi) is 4.79. The number of nitrogens with one attached hydrogen (secondary N) is 1. The maximum Gasteiger partial charge on any atom is 0.300 e. The van der Waals surface area contributed by atoms with Crippen LogP contribution in [0.25, 0.3) is 4.85 Å². The van der Waals surface area contributed by atoms with Crippen molar-refractivity contribution in [2.75, 3.05) is 18.8 Å². The summed E-state index contributed by atoms with van der Waals surface area (Å²) in [7, 11) is 0. The monoisotopic (exact) mass is 361 g/mol. The maximum atomic E-state index is 12.7. The first-order chi connectivity index (χ1) is 12.1. The molecule has 5 rings (SSSR count). The van der Waals surface area contributed by atoms with Gasteiger partial charge in [-0.25, -0.2) is 6.57 Å². The van der Waals surface area contributed by atoms with E-state index in [4.69, 9.17) is 6.57 Å². The second-order valence-electron chi connectivity index (χ2n) is 8.97. The average molecular weight is 362 g/mol.